The Morgan fingerprint density at radius 1 is 1.00 bits per heavy atom. The highest BCUT2D eigenvalue weighted by molar-refractivity contribution is 6.42. The fourth-order valence-corrected chi connectivity index (χ4v) is 6.60. The van der Waals surface area contributed by atoms with Gasteiger partial charge in [0.1, 0.15) is 0 Å². The Kier molecular flexibility index (Phi) is 8.89. The van der Waals surface area contributed by atoms with Crippen LogP contribution in [-0.2, 0) is 12.8 Å². The van der Waals surface area contributed by atoms with E-state index < -0.39 is 0 Å². The average molecular weight is 555 g/mol. The summed E-state index contributed by atoms with van der Waals surface area (Å²) >= 11 is 12.3. The molecular weight excluding hydrogens is 517 g/mol. The van der Waals surface area contributed by atoms with Crippen LogP contribution < -0.4 is 0 Å². The van der Waals surface area contributed by atoms with Crippen LogP contribution in [0.3, 0.4) is 0 Å². The molecule has 5 rings (SSSR count). The molecule has 7 heteroatoms. The smallest absolute Gasteiger partial charge is 0.254 e. The van der Waals surface area contributed by atoms with Gasteiger partial charge in [0.2, 0.25) is 0 Å². The molecule has 2 aromatic carbocycles. The standard InChI is InChI=1S/C31H37Cl2N3O2/c1-2-5-24-18-27(26-6-3-4-7-30(26)34-24)31(38)35-14-11-25(12-15-35)36-13-10-22(23(19-36)20-37)16-21-8-9-28(32)29(33)17-21/h3-4,6-9,17-18,22-23,25,37H,2,5,10-16,19-20H2,1H3/t22-,23?/m1/s1. The molecule has 202 valence electrons. The molecule has 1 N–H and O–H groups in total. The van der Waals surface area contributed by atoms with Gasteiger partial charge in [0.15, 0.2) is 0 Å². The predicted molar refractivity (Wildman–Crippen MR) is 155 cm³/mol. The number of likely N-dealkylation sites (tertiary alicyclic amines) is 2. The van der Waals surface area contributed by atoms with Gasteiger partial charge in [-0.05, 0) is 80.3 Å². The first-order chi connectivity index (χ1) is 18.5. The molecule has 2 aliphatic rings. The van der Waals surface area contributed by atoms with Crippen molar-refractivity contribution in [3.8, 4) is 0 Å². The number of rotatable bonds is 7. The normalized spacial score (nSPS) is 21.2. The number of amides is 1. The van der Waals surface area contributed by atoms with Crippen LogP contribution in [0.1, 0.15) is 54.2 Å². The number of carbonyl (C=O) groups excluding carboxylic acids is 1. The lowest BCUT2D eigenvalue weighted by Gasteiger charge is -2.44. The SMILES string of the molecule is CCCc1cc(C(=O)N2CCC(N3CC[C@H](Cc4ccc(Cl)c(Cl)c4)C(CO)C3)CC2)c2ccccc2n1. The van der Waals surface area contributed by atoms with E-state index in [2.05, 4.69) is 11.8 Å². The van der Waals surface area contributed by atoms with Gasteiger partial charge in [-0.25, -0.2) is 0 Å². The van der Waals surface area contributed by atoms with Gasteiger partial charge >= 0.3 is 0 Å². The summed E-state index contributed by atoms with van der Waals surface area (Å²) in [7, 11) is 0. The van der Waals surface area contributed by atoms with E-state index in [0.717, 1.165) is 86.9 Å². The highest BCUT2D eigenvalue weighted by atomic mass is 35.5. The maximum Gasteiger partial charge on any atom is 0.254 e. The lowest BCUT2D eigenvalue weighted by molar-refractivity contribution is 0.0242. The second kappa shape index (κ2) is 12.3. The van der Waals surface area contributed by atoms with Crippen LogP contribution in [0.4, 0.5) is 0 Å². The summed E-state index contributed by atoms with van der Waals surface area (Å²) in [6.45, 7) is 5.77. The van der Waals surface area contributed by atoms with E-state index in [9.17, 15) is 9.90 Å². The molecule has 2 aliphatic heterocycles. The van der Waals surface area contributed by atoms with Crippen LogP contribution in [0.2, 0.25) is 10.0 Å². The molecule has 0 saturated carbocycles. The number of aryl methyl sites for hydroxylation is 1. The Morgan fingerprint density at radius 3 is 2.53 bits per heavy atom. The number of carbonyl (C=O) groups is 1. The van der Waals surface area contributed by atoms with E-state index in [1.54, 1.807) is 0 Å². The number of benzene rings is 2. The monoisotopic (exact) mass is 553 g/mol. The van der Waals surface area contributed by atoms with Crippen molar-refractivity contribution in [3.63, 3.8) is 0 Å². The van der Waals surface area contributed by atoms with Gasteiger partial charge in [-0.3, -0.25) is 14.7 Å². The van der Waals surface area contributed by atoms with Gasteiger partial charge in [-0.2, -0.15) is 0 Å². The molecule has 0 bridgehead atoms. The number of pyridine rings is 1. The minimum absolute atomic E-state index is 0.118. The van der Waals surface area contributed by atoms with Gasteiger partial charge in [-0.15, -0.1) is 0 Å². The van der Waals surface area contributed by atoms with Crippen LogP contribution >= 0.6 is 23.2 Å². The van der Waals surface area contributed by atoms with E-state index in [4.69, 9.17) is 28.2 Å². The van der Waals surface area contributed by atoms with Crippen molar-refractivity contribution < 1.29 is 9.90 Å². The molecule has 5 nitrogen and oxygen atoms in total. The lowest BCUT2D eigenvalue weighted by atomic mass is 9.80. The topological polar surface area (TPSA) is 56.7 Å². The minimum atomic E-state index is 0.118. The second-order valence-electron chi connectivity index (χ2n) is 10.9. The Bertz CT molecular complexity index is 1280. The number of piperidine rings is 2. The van der Waals surface area contributed by atoms with E-state index in [1.807, 2.05) is 53.4 Å². The maximum atomic E-state index is 13.6. The summed E-state index contributed by atoms with van der Waals surface area (Å²) in [5.41, 5.74) is 3.84. The van der Waals surface area contributed by atoms with Crippen molar-refractivity contribution in [1.82, 2.24) is 14.8 Å². The largest absolute Gasteiger partial charge is 0.396 e. The molecule has 1 aromatic heterocycles. The number of para-hydroxylation sites is 1. The summed E-state index contributed by atoms with van der Waals surface area (Å²) < 4.78 is 0. The van der Waals surface area contributed by atoms with Crippen molar-refractivity contribution in [3.05, 3.63) is 75.4 Å². The van der Waals surface area contributed by atoms with E-state index in [-0.39, 0.29) is 18.4 Å². The minimum Gasteiger partial charge on any atom is -0.396 e. The molecule has 0 aliphatic carbocycles. The molecule has 3 heterocycles. The summed E-state index contributed by atoms with van der Waals surface area (Å²) in [4.78, 5) is 23.0. The Labute approximate surface area is 235 Å². The third-order valence-corrected chi connectivity index (χ3v) is 9.15. The summed E-state index contributed by atoms with van der Waals surface area (Å²) in [5.74, 6) is 0.776. The Hall–Kier alpha value is -2.18. The molecule has 2 atom stereocenters. The molecule has 3 aromatic rings. The number of aliphatic hydroxyl groups is 1. The highest BCUT2D eigenvalue weighted by Gasteiger charge is 2.34. The number of aromatic nitrogens is 1. The van der Waals surface area contributed by atoms with Crippen LogP contribution in [0.5, 0.6) is 0 Å². The fraction of sp³-hybridized carbons (Fsp3) is 0.484. The molecule has 1 amide bonds. The summed E-state index contributed by atoms with van der Waals surface area (Å²) in [5, 5.41) is 12.3. The number of hydrogen-bond acceptors (Lipinski definition) is 4. The second-order valence-corrected chi connectivity index (χ2v) is 11.7. The van der Waals surface area contributed by atoms with Gasteiger partial charge < -0.3 is 10.0 Å². The molecule has 2 saturated heterocycles. The van der Waals surface area contributed by atoms with Gasteiger partial charge in [-0.1, -0.05) is 60.8 Å². The number of aliphatic hydroxyl groups excluding tert-OH is 1. The van der Waals surface area contributed by atoms with Crippen molar-refractivity contribution in [2.75, 3.05) is 32.8 Å². The van der Waals surface area contributed by atoms with Crippen LogP contribution in [0.15, 0.2) is 48.5 Å². The number of fused-ring (bicyclic) bond motifs is 1. The van der Waals surface area contributed by atoms with Crippen LogP contribution in [0, 0.1) is 11.8 Å². The number of hydrogen-bond donors (Lipinski definition) is 1. The highest BCUT2D eigenvalue weighted by Crippen LogP contribution is 2.32. The van der Waals surface area contributed by atoms with Crippen molar-refractivity contribution in [1.29, 1.82) is 0 Å². The van der Waals surface area contributed by atoms with Crippen molar-refractivity contribution in [2.24, 2.45) is 11.8 Å². The van der Waals surface area contributed by atoms with Gasteiger partial charge in [0.05, 0.1) is 21.1 Å². The first-order valence-electron chi connectivity index (χ1n) is 13.9. The first kappa shape index (κ1) is 27.4. The molecular formula is C31H37Cl2N3O2. The summed E-state index contributed by atoms with van der Waals surface area (Å²) in [6, 6.07) is 16.3. The molecule has 1 unspecified atom stereocenters. The quantitative estimate of drug-likeness (QED) is 0.374. The molecule has 0 radical (unpaired) electrons. The zero-order chi connectivity index (χ0) is 26.6. The van der Waals surface area contributed by atoms with Crippen molar-refractivity contribution in [2.45, 2.75) is 51.5 Å². The average Bonchev–Trinajstić information content (AvgIpc) is 2.94. The zero-order valence-corrected chi connectivity index (χ0v) is 23.6. The molecule has 2 fully saturated rings. The molecule has 0 spiro atoms. The Balaban J connectivity index is 1.21. The predicted octanol–water partition coefficient (Wildman–Crippen LogP) is 6.27. The van der Waals surface area contributed by atoms with E-state index in [1.165, 1.54) is 5.56 Å². The van der Waals surface area contributed by atoms with Crippen LogP contribution in [-0.4, -0.2) is 64.6 Å². The first-order valence-corrected chi connectivity index (χ1v) is 14.7. The fourth-order valence-electron chi connectivity index (χ4n) is 6.28. The maximum absolute atomic E-state index is 13.6. The molecule has 38 heavy (non-hydrogen) atoms. The van der Waals surface area contributed by atoms with Gasteiger partial charge in [0, 0.05) is 43.4 Å². The van der Waals surface area contributed by atoms with Crippen molar-refractivity contribution >= 4 is 40.0 Å². The third-order valence-electron chi connectivity index (χ3n) is 8.41. The Morgan fingerprint density at radius 2 is 1.79 bits per heavy atom. The third kappa shape index (κ3) is 6.02. The van der Waals surface area contributed by atoms with E-state index in [0.29, 0.717) is 22.0 Å². The zero-order valence-electron chi connectivity index (χ0n) is 22.1. The van der Waals surface area contributed by atoms with E-state index >= 15 is 0 Å². The number of nitrogens with zero attached hydrogens (tertiary/aromatic N) is 3. The van der Waals surface area contributed by atoms with Gasteiger partial charge in [0.25, 0.3) is 5.91 Å². The van der Waals surface area contributed by atoms with Crippen LogP contribution in [0.25, 0.3) is 10.9 Å². The summed E-state index contributed by atoms with van der Waals surface area (Å²) in [6.07, 6.45) is 5.76. The number of halogens is 2. The lowest BCUT2D eigenvalue weighted by Crippen LogP contribution is -2.52.